The molecule has 1 aromatic carbocycles. The first-order valence-corrected chi connectivity index (χ1v) is 6.63. The standard InChI is InChI=1S/C12H13IN2O4/c13-8-4-6-9(7-5-8)14-12(19)15-10(16)2-1-3-11(17)18/h4-7H,1-3H2,(H,17,18)(H2,14,15,16,19). The second-order valence-electron chi connectivity index (χ2n) is 3.76. The van der Waals surface area contributed by atoms with Crippen molar-refractivity contribution in [3.8, 4) is 0 Å². The predicted molar refractivity (Wildman–Crippen MR) is 77.8 cm³/mol. The number of rotatable bonds is 5. The maximum atomic E-state index is 11.4. The molecule has 0 fully saturated rings. The average Bonchev–Trinajstić information content (AvgIpc) is 2.31. The first-order chi connectivity index (χ1) is 8.97. The molecular weight excluding hydrogens is 363 g/mol. The van der Waals surface area contributed by atoms with Crippen LogP contribution in [0.25, 0.3) is 0 Å². The highest BCUT2D eigenvalue weighted by Crippen LogP contribution is 2.10. The van der Waals surface area contributed by atoms with Crippen molar-refractivity contribution in [3.05, 3.63) is 27.8 Å². The van der Waals surface area contributed by atoms with Crippen molar-refractivity contribution in [2.24, 2.45) is 0 Å². The maximum absolute atomic E-state index is 11.4. The van der Waals surface area contributed by atoms with E-state index < -0.39 is 17.9 Å². The van der Waals surface area contributed by atoms with Crippen molar-refractivity contribution in [2.75, 3.05) is 5.32 Å². The Morgan fingerprint density at radius 1 is 1.11 bits per heavy atom. The molecule has 0 saturated heterocycles. The number of imide groups is 1. The van der Waals surface area contributed by atoms with Gasteiger partial charge in [0.2, 0.25) is 5.91 Å². The Balaban J connectivity index is 2.32. The Morgan fingerprint density at radius 3 is 2.32 bits per heavy atom. The van der Waals surface area contributed by atoms with Gasteiger partial charge in [0.05, 0.1) is 0 Å². The van der Waals surface area contributed by atoms with E-state index in [1.54, 1.807) is 12.1 Å². The first kappa shape index (κ1) is 15.4. The minimum atomic E-state index is -0.962. The van der Waals surface area contributed by atoms with Crippen LogP contribution in [0.5, 0.6) is 0 Å². The molecular formula is C12H13IN2O4. The molecule has 0 aliphatic rings. The van der Waals surface area contributed by atoms with Crippen molar-refractivity contribution < 1.29 is 19.5 Å². The monoisotopic (exact) mass is 376 g/mol. The number of hydrogen-bond acceptors (Lipinski definition) is 3. The molecule has 3 amide bonds. The van der Waals surface area contributed by atoms with Crippen LogP contribution in [0.15, 0.2) is 24.3 Å². The van der Waals surface area contributed by atoms with Gasteiger partial charge >= 0.3 is 12.0 Å². The number of anilines is 1. The quantitative estimate of drug-likeness (QED) is 0.687. The number of hydrogen-bond donors (Lipinski definition) is 3. The summed E-state index contributed by atoms with van der Waals surface area (Å²) in [5.41, 5.74) is 0.580. The molecule has 7 heteroatoms. The summed E-state index contributed by atoms with van der Waals surface area (Å²) < 4.78 is 1.04. The third-order valence-electron chi connectivity index (χ3n) is 2.15. The third-order valence-corrected chi connectivity index (χ3v) is 2.87. The van der Waals surface area contributed by atoms with E-state index in [2.05, 4.69) is 33.2 Å². The summed E-state index contributed by atoms with van der Waals surface area (Å²) in [6.07, 6.45) is 0.122. The van der Waals surface area contributed by atoms with Gasteiger partial charge in [0.25, 0.3) is 0 Å². The van der Waals surface area contributed by atoms with Crippen LogP contribution in [-0.2, 0) is 9.59 Å². The van der Waals surface area contributed by atoms with E-state index in [-0.39, 0.29) is 19.3 Å². The Morgan fingerprint density at radius 2 is 1.74 bits per heavy atom. The van der Waals surface area contributed by atoms with Crippen molar-refractivity contribution >= 4 is 46.2 Å². The van der Waals surface area contributed by atoms with Crippen LogP contribution in [0.3, 0.4) is 0 Å². The number of halogens is 1. The van der Waals surface area contributed by atoms with E-state index in [4.69, 9.17) is 5.11 Å². The van der Waals surface area contributed by atoms with Crippen LogP contribution >= 0.6 is 22.6 Å². The molecule has 102 valence electrons. The van der Waals surface area contributed by atoms with E-state index >= 15 is 0 Å². The largest absolute Gasteiger partial charge is 0.481 e. The van der Waals surface area contributed by atoms with Gasteiger partial charge in [0.1, 0.15) is 0 Å². The summed E-state index contributed by atoms with van der Waals surface area (Å²) in [6, 6.07) is 6.46. The molecule has 0 heterocycles. The van der Waals surface area contributed by atoms with Crippen molar-refractivity contribution in [3.63, 3.8) is 0 Å². The van der Waals surface area contributed by atoms with E-state index in [0.29, 0.717) is 5.69 Å². The Labute approximate surface area is 123 Å². The number of carboxylic acid groups (broad SMARTS) is 1. The number of benzene rings is 1. The van der Waals surface area contributed by atoms with Crippen LogP contribution in [0.2, 0.25) is 0 Å². The topological polar surface area (TPSA) is 95.5 Å². The summed E-state index contributed by atoms with van der Waals surface area (Å²) in [4.78, 5) is 33.0. The molecule has 1 aromatic rings. The van der Waals surface area contributed by atoms with Crippen LogP contribution in [0, 0.1) is 3.57 Å². The van der Waals surface area contributed by atoms with Crippen LogP contribution in [-0.4, -0.2) is 23.0 Å². The molecule has 0 spiro atoms. The number of carbonyl (C=O) groups is 3. The van der Waals surface area contributed by atoms with E-state index in [9.17, 15) is 14.4 Å². The predicted octanol–water partition coefficient (Wildman–Crippen LogP) is 2.19. The van der Waals surface area contributed by atoms with Gasteiger partial charge in [-0.15, -0.1) is 0 Å². The Bertz CT molecular complexity index is 473. The lowest BCUT2D eigenvalue weighted by Crippen LogP contribution is -2.34. The van der Waals surface area contributed by atoms with Crippen LogP contribution in [0.4, 0.5) is 10.5 Å². The molecule has 0 aliphatic carbocycles. The number of aliphatic carboxylic acids is 1. The summed E-state index contributed by atoms with van der Waals surface area (Å²) >= 11 is 2.14. The molecule has 1 rings (SSSR count). The van der Waals surface area contributed by atoms with Gasteiger partial charge in [-0.3, -0.25) is 14.9 Å². The summed E-state index contributed by atoms with van der Waals surface area (Å²) in [6.45, 7) is 0. The molecule has 0 atom stereocenters. The summed E-state index contributed by atoms with van der Waals surface area (Å²) in [7, 11) is 0. The molecule has 0 saturated carbocycles. The van der Waals surface area contributed by atoms with Crippen molar-refractivity contribution in [1.82, 2.24) is 5.32 Å². The molecule has 0 aliphatic heterocycles. The fourth-order valence-corrected chi connectivity index (χ4v) is 1.64. The lowest BCUT2D eigenvalue weighted by molar-refractivity contribution is -0.137. The lowest BCUT2D eigenvalue weighted by Gasteiger charge is -2.06. The number of urea groups is 1. The van der Waals surface area contributed by atoms with Gasteiger partial charge in [0, 0.05) is 22.1 Å². The molecule has 0 aromatic heterocycles. The zero-order chi connectivity index (χ0) is 14.3. The molecule has 3 N–H and O–H groups in total. The minimum Gasteiger partial charge on any atom is -0.481 e. The fraction of sp³-hybridized carbons (Fsp3) is 0.250. The second kappa shape index (κ2) is 7.72. The van der Waals surface area contributed by atoms with Crippen LogP contribution < -0.4 is 10.6 Å². The molecule has 0 radical (unpaired) electrons. The number of carboxylic acids is 1. The molecule has 0 bridgehead atoms. The van der Waals surface area contributed by atoms with Crippen molar-refractivity contribution in [2.45, 2.75) is 19.3 Å². The Kier molecular flexibility index (Phi) is 6.26. The van der Waals surface area contributed by atoms with Crippen LogP contribution in [0.1, 0.15) is 19.3 Å². The Hall–Kier alpha value is -1.64. The zero-order valence-corrected chi connectivity index (χ0v) is 12.1. The number of carbonyl (C=O) groups excluding carboxylic acids is 2. The van der Waals surface area contributed by atoms with Crippen molar-refractivity contribution in [1.29, 1.82) is 0 Å². The highest BCUT2D eigenvalue weighted by molar-refractivity contribution is 14.1. The minimum absolute atomic E-state index is 0.00636. The van der Waals surface area contributed by atoms with Gasteiger partial charge in [-0.05, 0) is 53.3 Å². The van der Waals surface area contributed by atoms with E-state index in [1.807, 2.05) is 12.1 Å². The fourth-order valence-electron chi connectivity index (χ4n) is 1.28. The van der Waals surface area contributed by atoms with E-state index in [1.165, 1.54) is 0 Å². The summed E-state index contributed by atoms with van der Waals surface area (Å²) in [5, 5.41) is 13.1. The van der Waals surface area contributed by atoms with Gasteiger partial charge in [-0.1, -0.05) is 0 Å². The smallest absolute Gasteiger partial charge is 0.325 e. The number of nitrogens with one attached hydrogen (secondary N) is 2. The van der Waals surface area contributed by atoms with Gasteiger partial charge in [-0.25, -0.2) is 4.79 Å². The SMILES string of the molecule is O=C(O)CCCC(=O)NC(=O)Nc1ccc(I)cc1. The lowest BCUT2D eigenvalue weighted by atomic mass is 10.2. The highest BCUT2D eigenvalue weighted by Gasteiger charge is 2.08. The number of amides is 3. The maximum Gasteiger partial charge on any atom is 0.325 e. The normalized spacial score (nSPS) is 9.74. The van der Waals surface area contributed by atoms with E-state index in [0.717, 1.165) is 3.57 Å². The zero-order valence-electron chi connectivity index (χ0n) is 9.98. The molecule has 6 nitrogen and oxygen atoms in total. The van der Waals surface area contributed by atoms with Gasteiger partial charge in [0.15, 0.2) is 0 Å². The summed E-state index contributed by atoms with van der Waals surface area (Å²) in [5.74, 6) is -1.46. The molecule has 0 unspecified atom stereocenters. The molecule has 19 heavy (non-hydrogen) atoms. The highest BCUT2D eigenvalue weighted by atomic mass is 127. The first-order valence-electron chi connectivity index (χ1n) is 5.55. The van der Waals surface area contributed by atoms with Gasteiger partial charge < -0.3 is 10.4 Å². The third kappa shape index (κ3) is 6.75. The average molecular weight is 376 g/mol. The van der Waals surface area contributed by atoms with Gasteiger partial charge in [-0.2, -0.15) is 0 Å². The second-order valence-corrected chi connectivity index (χ2v) is 5.00.